The first-order valence-corrected chi connectivity index (χ1v) is 13.1. The highest BCUT2D eigenvalue weighted by atomic mass is 16.5. The normalized spacial score (nSPS) is 18.4. The summed E-state index contributed by atoms with van der Waals surface area (Å²) in [7, 11) is 0. The molecule has 1 aliphatic heterocycles. The van der Waals surface area contributed by atoms with Gasteiger partial charge < -0.3 is 15.0 Å². The molecule has 192 valence electrons. The molecular formula is C29H29N7O2. The molecule has 9 nitrogen and oxygen atoms in total. The Morgan fingerprint density at radius 1 is 1.03 bits per heavy atom. The first-order valence-electron chi connectivity index (χ1n) is 13.1. The van der Waals surface area contributed by atoms with Crippen LogP contribution in [0.4, 0.5) is 5.82 Å². The fraction of sp³-hybridized carbons (Fsp3) is 0.345. The number of ether oxygens (including phenoxy) is 1. The highest BCUT2D eigenvalue weighted by Crippen LogP contribution is 2.40. The second kappa shape index (κ2) is 10.3. The van der Waals surface area contributed by atoms with Crippen molar-refractivity contribution in [2.24, 2.45) is 0 Å². The maximum absolute atomic E-state index is 9.88. The molecule has 1 saturated carbocycles. The van der Waals surface area contributed by atoms with Gasteiger partial charge in [-0.1, -0.05) is 42.3 Å². The Balaban J connectivity index is 1.22. The van der Waals surface area contributed by atoms with E-state index in [2.05, 4.69) is 38.6 Å². The van der Waals surface area contributed by atoms with Crippen LogP contribution in [0.15, 0.2) is 59.4 Å². The number of nitrogens with two attached hydrogens (primary N) is 1. The number of nitrogens with zero attached hydrogens (tertiary/aromatic N) is 5. The summed E-state index contributed by atoms with van der Waals surface area (Å²) in [5.41, 5.74) is 11.1. The van der Waals surface area contributed by atoms with E-state index < -0.39 is 5.41 Å². The minimum atomic E-state index is -0.532. The number of rotatable bonds is 7. The van der Waals surface area contributed by atoms with E-state index in [0.29, 0.717) is 22.8 Å². The predicted octanol–water partition coefficient (Wildman–Crippen LogP) is 5.00. The van der Waals surface area contributed by atoms with Gasteiger partial charge in [0.15, 0.2) is 17.3 Å². The van der Waals surface area contributed by atoms with Gasteiger partial charge >= 0.3 is 0 Å². The van der Waals surface area contributed by atoms with Crippen molar-refractivity contribution in [3.05, 3.63) is 66.1 Å². The number of nitrogens with one attached hydrogen (secondary N) is 1. The molecule has 0 spiro atoms. The lowest BCUT2D eigenvalue weighted by molar-refractivity contribution is 0.0827. The van der Waals surface area contributed by atoms with Crippen LogP contribution >= 0.6 is 0 Å². The first-order chi connectivity index (χ1) is 18.6. The van der Waals surface area contributed by atoms with Crippen LogP contribution in [0.1, 0.15) is 49.8 Å². The van der Waals surface area contributed by atoms with Gasteiger partial charge in [0, 0.05) is 36.5 Å². The van der Waals surface area contributed by atoms with Crippen LogP contribution in [0.2, 0.25) is 0 Å². The van der Waals surface area contributed by atoms with Crippen molar-refractivity contribution in [1.82, 2.24) is 25.4 Å². The average molecular weight is 508 g/mol. The molecular weight excluding hydrogens is 478 g/mol. The summed E-state index contributed by atoms with van der Waals surface area (Å²) in [6, 6.07) is 16.3. The Labute approximate surface area is 221 Å². The van der Waals surface area contributed by atoms with Gasteiger partial charge in [0.25, 0.3) is 0 Å². The number of nitriles is 1. The number of pyridine rings is 1. The summed E-state index contributed by atoms with van der Waals surface area (Å²) in [6.07, 6.45) is 9.38. The van der Waals surface area contributed by atoms with E-state index in [-0.39, 0.29) is 12.0 Å². The van der Waals surface area contributed by atoms with E-state index >= 15 is 0 Å². The van der Waals surface area contributed by atoms with Gasteiger partial charge in [-0.25, -0.2) is 9.97 Å². The molecule has 1 aromatic carbocycles. The van der Waals surface area contributed by atoms with E-state index in [4.69, 9.17) is 20.0 Å². The zero-order valence-electron chi connectivity index (χ0n) is 21.1. The number of anilines is 1. The fourth-order valence-electron chi connectivity index (χ4n) is 5.26. The van der Waals surface area contributed by atoms with Gasteiger partial charge in [-0.15, -0.1) is 0 Å². The molecule has 4 aromatic rings. The highest BCUT2D eigenvalue weighted by molar-refractivity contribution is 5.73. The van der Waals surface area contributed by atoms with Gasteiger partial charge in [0.05, 0.1) is 29.1 Å². The Kier molecular flexibility index (Phi) is 6.58. The van der Waals surface area contributed by atoms with Crippen molar-refractivity contribution >= 4 is 5.82 Å². The molecule has 0 bridgehead atoms. The van der Waals surface area contributed by atoms with Crippen molar-refractivity contribution in [3.8, 4) is 40.0 Å². The second-order valence-electron chi connectivity index (χ2n) is 9.98. The van der Waals surface area contributed by atoms with Crippen molar-refractivity contribution in [3.63, 3.8) is 0 Å². The quantitative estimate of drug-likeness (QED) is 0.354. The van der Waals surface area contributed by atoms with Gasteiger partial charge in [-0.2, -0.15) is 5.26 Å². The molecule has 1 aliphatic carbocycles. The van der Waals surface area contributed by atoms with Crippen LogP contribution in [0.25, 0.3) is 34.0 Å². The minimum absolute atomic E-state index is 0.143. The Hall–Kier alpha value is -4.13. The molecule has 0 unspecified atom stereocenters. The molecule has 9 heteroatoms. The van der Waals surface area contributed by atoms with E-state index in [0.717, 1.165) is 68.5 Å². The Morgan fingerprint density at radius 2 is 1.87 bits per heavy atom. The standard InChI is InChI=1S/C29H29N7O2/c30-18-29(10-1-2-11-29)25-14-21(9-12-32-25)23-17-34-28(31)27(35-23)24-15-22(36-38-24)20-7-5-19(6-8-20)16-33-26-4-3-13-37-26/h5-9,12,14-15,17,26,33H,1-4,10-11,13,16H2,(H2,31,34)/t26-/m1/s1. The number of aromatic nitrogens is 4. The number of benzene rings is 1. The van der Waals surface area contributed by atoms with E-state index in [1.807, 2.05) is 30.3 Å². The van der Waals surface area contributed by atoms with Crippen molar-refractivity contribution in [2.45, 2.75) is 56.7 Å². The van der Waals surface area contributed by atoms with Crippen LogP contribution in [-0.4, -0.2) is 32.9 Å². The smallest absolute Gasteiger partial charge is 0.189 e. The Morgan fingerprint density at radius 3 is 2.63 bits per heavy atom. The van der Waals surface area contributed by atoms with Gasteiger partial charge in [-0.3, -0.25) is 10.3 Å². The number of hydrogen-bond donors (Lipinski definition) is 2. The largest absolute Gasteiger partial charge is 0.382 e. The lowest BCUT2D eigenvalue weighted by Gasteiger charge is -2.19. The van der Waals surface area contributed by atoms with Gasteiger partial charge in [0.2, 0.25) is 0 Å². The topological polar surface area (TPSA) is 136 Å². The zero-order valence-corrected chi connectivity index (χ0v) is 21.1. The minimum Gasteiger partial charge on any atom is -0.382 e. The SMILES string of the molecule is N#CC1(c2cc(-c3cnc(N)c(-c4cc(-c5ccc(CN[C@H]6CCCO6)cc5)no4)n3)ccn2)CCCC1. The summed E-state index contributed by atoms with van der Waals surface area (Å²) in [4.78, 5) is 13.7. The van der Waals surface area contributed by atoms with Gasteiger partial charge in [0.1, 0.15) is 11.9 Å². The van der Waals surface area contributed by atoms with Crippen molar-refractivity contribution in [2.75, 3.05) is 12.3 Å². The maximum Gasteiger partial charge on any atom is 0.189 e. The van der Waals surface area contributed by atoms with Crippen molar-refractivity contribution < 1.29 is 9.26 Å². The average Bonchev–Trinajstić information content (AvgIpc) is 3.75. The first kappa shape index (κ1) is 24.2. The summed E-state index contributed by atoms with van der Waals surface area (Å²) in [5, 5.41) is 17.6. The maximum atomic E-state index is 9.88. The Bertz CT molecular complexity index is 1460. The highest BCUT2D eigenvalue weighted by Gasteiger charge is 2.37. The lowest BCUT2D eigenvalue weighted by Crippen LogP contribution is -2.27. The molecule has 1 saturated heterocycles. The number of hydrogen-bond acceptors (Lipinski definition) is 9. The van der Waals surface area contributed by atoms with Crippen LogP contribution in [-0.2, 0) is 16.7 Å². The molecule has 2 fully saturated rings. The third-order valence-corrected chi connectivity index (χ3v) is 7.47. The van der Waals surface area contributed by atoms with Crippen molar-refractivity contribution in [1.29, 1.82) is 5.26 Å². The summed E-state index contributed by atoms with van der Waals surface area (Å²) >= 11 is 0. The molecule has 6 rings (SSSR count). The molecule has 0 radical (unpaired) electrons. The van der Waals surface area contributed by atoms with E-state index in [9.17, 15) is 5.26 Å². The monoisotopic (exact) mass is 507 g/mol. The van der Waals surface area contributed by atoms with Gasteiger partial charge in [-0.05, 0) is 43.4 Å². The molecule has 1 atom stereocenters. The predicted molar refractivity (Wildman–Crippen MR) is 142 cm³/mol. The third kappa shape index (κ3) is 4.76. The van der Waals surface area contributed by atoms with E-state index in [1.165, 1.54) is 5.56 Å². The third-order valence-electron chi connectivity index (χ3n) is 7.47. The second-order valence-corrected chi connectivity index (χ2v) is 9.98. The molecule has 38 heavy (non-hydrogen) atoms. The summed E-state index contributed by atoms with van der Waals surface area (Å²) < 4.78 is 11.3. The molecule has 3 aromatic heterocycles. The van der Waals surface area contributed by atoms with Crippen LogP contribution in [0.5, 0.6) is 0 Å². The zero-order chi connectivity index (χ0) is 26.0. The van der Waals surface area contributed by atoms with Crippen LogP contribution < -0.4 is 11.1 Å². The lowest BCUT2D eigenvalue weighted by atomic mass is 9.83. The summed E-state index contributed by atoms with van der Waals surface area (Å²) in [6.45, 7) is 1.58. The number of nitrogen functional groups attached to an aromatic ring is 1. The molecule has 4 heterocycles. The summed E-state index contributed by atoms with van der Waals surface area (Å²) in [5.74, 6) is 0.695. The molecule has 3 N–H and O–H groups in total. The van der Waals surface area contributed by atoms with Crippen LogP contribution in [0.3, 0.4) is 0 Å². The van der Waals surface area contributed by atoms with Crippen LogP contribution in [0, 0.1) is 11.3 Å². The molecule has 0 amide bonds. The fourth-order valence-corrected chi connectivity index (χ4v) is 5.26. The molecule has 2 aliphatic rings. The van der Waals surface area contributed by atoms with E-state index in [1.54, 1.807) is 12.4 Å².